The maximum Gasteiger partial charge on any atom is 0.227 e. The van der Waals surface area contributed by atoms with Gasteiger partial charge in [0.2, 0.25) is 11.9 Å². The van der Waals surface area contributed by atoms with Gasteiger partial charge in [-0.3, -0.25) is 4.79 Å². The normalized spacial score (nSPS) is 19.7. The third kappa shape index (κ3) is 3.53. The van der Waals surface area contributed by atoms with E-state index in [-0.39, 0.29) is 17.5 Å². The first-order valence-corrected chi connectivity index (χ1v) is 8.93. The lowest BCUT2D eigenvalue weighted by Crippen LogP contribution is -2.38. The van der Waals surface area contributed by atoms with Crippen LogP contribution in [-0.2, 0) is 22.4 Å². The summed E-state index contributed by atoms with van der Waals surface area (Å²) in [5.74, 6) is -0.0326. The Morgan fingerprint density at radius 2 is 2.08 bits per heavy atom. The van der Waals surface area contributed by atoms with Gasteiger partial charge in [-0.1, -0.05) is 12.1 Å². The molecule has 1 saturated heterocycles. The number of nitrogens with one attached hydrogen (secondary N) is 1. The summed E-state index contributed by atoms with van der Waals surface area (Å²) in [5, 5.41) is 2.70. The number of nitrogens with zero attached hydrogens (tertiary/aromatic N) is 3. The summed E-state index contributed by atoms with van der Waals surface area (Å²) < 4.78 is 19.1. The van der Waals surface area contributed by atoms with Gasteiger partial charge < -0.3 is 15.0 Å². The van der Waals surface area contributed by atoms with Crippen LogP contribution >= 0.6 is 0 Å². The Kier molecular flexibility index (Phi) is 4.79. The van der Waals surface area contributed by atoms with E-state index in [4.69, 9.17) is 9.72 Å². The van der Waals surface area contributed by atoms with Gasteiger partial charge in [0.1, 0.15) is 5.82 Å². The lowest BCUT2D eigenvalue weighted by Gasteiger charge is -2.28. The predicted molar refractivity (Wildman–Crippen MR) is 95.6 cm³/mol. The van der Waals surface area contributed by atoms with Gasteiger partial charge in [0.15, 0.2) is 0 Å². The maximum absolute atomic E-state index is 13.7. The molecule has 26 heavy (non-hydrogen) atoms. The summed E-state index contributed by atoms with van der Waals surface area (Å²) in [6.45, 7) is 2.98. The Morgan fingerprint density at radius 1 is 1.27 bits per heavy atom. The lowest BCUT2D eigenvalue weighted by molar-refractivity contribution is -0.120. The third-order valence-corrected chi connectivity index (χ3v) is 4.93. The number of carbonyl (C=O) groups excluding carboxylic acids is 1. The minimum Gasteiger partial charge on any atom is -0.378 e. The molecule has 1 aromatic carbocycles. The zero-order valence-corrected chi connectivity index (χ0v) is 14.4. The van der Waals surface area contributed by atoms with Gasteiger partial charge >= 0.3 is 0 Å². The Morgan fingerprint density at radius 3 is 2.88 bits per heavy atom. The molecule has 1 aliphatic heterocycles. The summed E-state index contributed by atoms with van der Waals surface area (Å²) >= 11 is 0. The summed E-state index contributed by atoms with van der Waals surface area (Å²) in [5.41, 5.74) is 2.24. The number of rotatable bonds is 3. The molecule has 0 saturated carbocycles. The standard InChI is InChI=1S/C19H21FN4O2/c20-15-3-1-2-4-17(15)22-18(25)13-5-6-16-14(11-13)12-21-19(23-16)24-7-9-26-10-8-24/h1-4,12-13H,5-11H2,(H,22,25)/t13-/m1/s1. The van der Waals surface area contributed by atoms with Gasteiger partial charge in [-0.2, -0.15) is 0 Å². The molecule has 0 bridgehead atoms. The molecule has 1 atom stereocenters. The molecular weight excluding hydrogens is 335 g/mol. The van der Waals surface area contributed by atoms with Crippen molar-refractivity contribution in [2.45, 2.75) is 19.3 Å². The summed E-state index contributed by atoms with van der Waals surface area (Å²) in [6.07, 6.45) is 3.84. The first-order chi connectivity index (χ1) is 12.7. The van der Waals surface area contributed by atoms with Crippen LogP contribution in [-0.4, -0.2) is 42.2 Å². The van der Waals surface area contributed by atoms with Crippen molar-refractivity contribution in [3.8, 4) is 0 Å². The first-order valence-electron chi connectivity index (χ1n) is 8.93. The van der Waals surface area contributed by atoms with Crippen molar-refractivity contribution in [1.82, 2.24) is 9.97 Å². The molecule has 0 radical (unpaired) electrons. The quantitative estimate of drug-likeness (QED) is 0.913. The number of aromatic nitrogens is 2. The maximum atomic E-state index is 13.7. The van der Waals surface area contributed by atoms with E-state index in [1.807, 2.05) is 6.20 Å². The first kappa shape index (κ1) is 16.9. The number of ether oxygens (including phenoxy) is 1. The Labute approximate surface area is 151 Å². The fraction of sp³-hybridized carbons (Fsp3) is 0.421. The van der Waals surface area contributed by atoms with Gasteiger partial charge in [-0.15, -0.1) is 0 Å². The van der Waals surface area contributed by atoms with Crippen LogP contribution in [0.1, 0.15) is 17.7 Å². The van der Waals surface area contributed by atoms with E-state index in [0.717, 1.165) is 36.7 Å². The van der Waals surface area contributed by atoms with E-state index < -0.39 is 5.82 Å². The smallest absolute Gasteiger partial charge is 0.227 e. The van der Waals surface area contributed by atoms with Crippen LogP contribution in [0.25, 0.3) is 0 Å². The number of benzene rings is 1. The molecule has 136 valence electrons. The van der Waals surface area contributed by atoms with Crippen LogP contribution in [0.15, 0.2) is 30.5 Å². The number of carbonyl (C=O) groups is 1. The van der Waals surface area contributed by atoms with E-state index in [9.17, 15) is 9.18 Å². The molecule has 2 aromatic rings. The number of fused-ring (bicyclic) bond motifs is 1. The Bertz CT molecular complexity index is 808. The van der Waals surface area contributed by atoms with E-state index in [0.29, 0.717) is 26.1 Å². The number of amides is 1. The SMILES string of the molecule is O=C(Nc1ccccc1F)[C@@H]1CCc2nc(N3CCOCC3)ncc2C1. The second-order valence-corrected chi connectivity index (χ2v) is 6.65. The van der Waals surface area contributed by atoms with E-state index in [1.54, 1.807) is 18.2 Å². The topological polar surface area (TPSA) is 67.4 Å². The fourth-order valence-corrected chi connectivity index (χ4v) is 3.43. The van der Waals surface area contributed by atoms with E-state index in [1.165, 1.54) is 6.07 Å². The lowest BCUT2D eigenvalue weighted by atomic mass is 9.86. The Balaban J connectivity index is 1.44. The highest BCUT2D eigenvalue weighted by atomic mass is 19.1. The average molecular weight is 356 g/mol. The monoisotopic (exact) mass is 356 g/mol. The van der Waals surface area contributed by atoms with Crippen molar-refractivity contribution >= 4 is 17.5 Å². The molecule has 7 heteroatoms. The molecule has 2 aliphatic rings. The molecule has 4 rings (SSSR count). The van der Waals surface area contributed by atoms with Crippen molar-refractivity contribution < 1.29 is 13.9 Å². The second-order valence-electron chi connectivity index (χ2n) is 6.65. The molecule has 2 heterocycles. The van der Waals surface area contributed by atoms with Gasteiger partial charge in [0.05, 0.1) is 18.9 Å². The predicted octanol–water partition coefficient (Wildman–Crippen LogP) is 2.20. The van der Waals surface area contributed by atoms with E-state index in [2.05, 4.69) is 15.2 Å². The number of morpholine rings is 1. The zero-order valence-electron chi connectivity index (χ0n) is 14.4. The number of para-hydroxylation sites is 1. The van der Waals surface area contributed by atoms with Crippen molar-refractivity contribution in [3.63, 3.8) is 0 Å². The van der Waals surface area contributed by atoms with Crippen molar-refractivity contribution in [1.29, 1.82) is 0 Å². The molecule has 1 fully saturated rings. The van der Waals surface area contributed by atoms with Gasteiger partial charge in [0, 0.05) is 30.9 Å². The summed E-state index contributed by atoms with van der Waals surface area (Å²) in [4.78, 5) is 23.8. The minimum atomic E-state index is -0.421. The molecule has 1 N–H and O–H groups in total. The second kappa shape index (κ2) is 7.37. The molecule has 0 unspecified atom stereocenters. The molecular formula is C19H21FN4O2. The zero-order chi connectivity index (χ0) is 17.9. The largest absolute Gasteiger partial charge is 0.378 e. The van der Waals surface area contributed by atoms with E-state index >= 15 is 0 Å². The highest BCUT2D eigenvalue weighted by molar-refractivity contribution is 5.93. The third-order valence-electron chi connectivity index (χ3n) is 4.93. The van der Waals surface area contributed by atoms with Crippen LogP contribution in [0.4, 0.5) is 16.0 Å². The van der Waals surface area contributed by atoms with Crippen molar-refractivity contribution in [2.24, 2.45) is 5.92 Å². The van der Waals surface area contributed by atoms with Crippen molar-refractivity contribution in [3.05, 3.63) is 47.5 Å². The van der Waals surface area contributed by atoms with Crippen LogP contribution in [0.2, 0.25) is 0 Å². The number of hydrogen-bond donors (Lipinski definition) is 1. The summed E-state index contributed by atoms with van der Waals surface area (Å²) in [6, 6.07) is 6.22. The number of halogens is 1. The molecule has 1 aliphatic carbocycles. The molecule has 1 aromatic heterocycles. The fourth-order valence-electron chi connectivity index (χ4n) is 3.43. The van der Waals surface area contributed by atoms with Gasteiger partial charge in [-0.25, -0.2) is 14.4 Å². The Hall–Kier alpha value is -2.54. The average Bonchev–Trinajstić information content (AvgIpc) is 2.69. The van der Waals surface area contributed by atoms with Crippen molar-refractivity contribution in [2.75, 3.05) is 36.5 Å². The van der Waals surface area contributed by atoms with Gasteiger partial charge in [0.25, 0.3) is 0 Å². The highest BCUT2D eigenvalue weighted by Crippen LogP contribution is 2.27. The van der Waals surface area contributed by atoms with Gasteiger partial charge in [-0.05, 0) is 37.0 Å². The van der Waals surface area contributed by atoms with Crippen LogP contribution in [0.3, 0.4) is 0 Å². The minimum absolute atomic E-state index is 0.155. The number of aryl methyl sites for hydroxylation is 1. The molecule has 0 spiro atoms. The van der Waals surface area contributed by atoms with Crippen LogP contribution in [0.5, 0.6) is 0 Å². The molecule has 6 nitrogen and oxygen atoms in total. The van der Waals surface area contributed by atoms with Crippen LogP contribution < -0.4 is 10.2 Å². The number of hydrogen-bond acceptors (Lipinski definition) is 5. The number of anilines is 2. The van der Waals surface area contributed by atoms with Crippen LogP contribution in [0, 0.1) is 11.7 Å². The molecule has 1 amide bonds. The highest BCUT2D eigenvalue weighted by Gasteiger charge is 2.27. The summed E-state index contributed by atoms with van der Waals surface area (Å²) in [7, 11) is 0.